The predicted molar refractivity (Wildman–Crippen MR) is 74.4 cm³/mol. The Morgan fingerprint density at radius 1 is 1.47 bits per heavy atom. The molecule has 2 rings (SSSR count). The molecule has 0 radical (unpaired) electrons. The van der Waals surface area contributed by atoms with E-state index in [4.69, 9.17) is 4.84 Å². The zero-order chi connectivity index (χ0) is 13.8. The quantitative estimate of drug-likeness (QED) is 0.859. The number of hydrogen-bond donors (Lipinski definition) is 1. The number of carbonyl (C=O) groups is 2. The minimum absolute atomic E-state index is 0.0426. The summed E-state index contributed by atoms with van der Waals surface area (Å²) in [4.78, 5) is 30.2. The molecule has 1 aromatic carbocycles. The van der Waals surface area contributed by atoms with Crippen LogP contribution in [0.25, 0.3) is 0 Å². The lowest BCUT2D eigenvalue weighted by Gasteiger charge is -2.16. The van der Waals surface area contributed by atoms with E-state index in [2.05, 4.69) is 21.4 Å². The number of halogens is 1. The van der Waals surface area contributed by atoms with Crippen LogP contribution in [0.4, 0.5) is 5.69 Å². The number of amides is 2. The highest BCUT2D eigenvalue weighted by Crippen LogP contribution is 2.26. The Morgan fingerprint density at radius 3 is 2.79 bits per heavy atom. The second kappa shape index (κ2) is 6.16. The maximum atomic E-state index is 11.9. The zero-order valence-corrected chi connectivity index (χ0v) is 12.1. The Bertz CT molecular complexity index is 475. The Hall–Kier alpha value is -1.40. The number of hydrogen-bond acceptors (Lipinski definition) is 3. The maximum Gasteiger partial charge on any atom is 0.248 e. The molecule has 0 saturated carbocycles. The number of anilines is 1. The van der Waals surface area contributed by atoms with Crippen molar-refractivity contribution in [2.24, 2.45) is 5.92 Å². The second-order valence-electron chi connectivity index (χ2n) is 4.28. The van der Waals surface area contributed by atoms with Gasteiger partial charge < -0.3 is 4.90 Å². The summed E-state index contributed by atoms with van der Waals surface area (Å²) in [6, 6.07) is 7.45. The molecular weight excluding hydrogens is 312 g/mol. The summed E-state index contributed by atoms with van der Waals surface area (Å²) in [6.45, 7) is 2.58. The lowest BCUT2D eigenvalue weighted by molar-refractivity contribution is -0.137. The van der Waals surface area contributed by atoms with Crippen molar-refractivity contribution in [1.82, 2.24) is 5.48 Å². The average molecular weight is 327 g/mol. The van der Waals surface area contributed by atoms with Gasteiger partial charge in [0.05, 0.1) is 12.5 Å². The minimum atomic E-state index is -0.359. The van der Waals surface area contributed by atoms with Crippen LogP contribution in [0.5, 0.6) is 0 Å². The average Bonchev–Trinajstić information content (AvgIpc) is 2.79. The van der Waals surface area contributed by atoms with E-state index in [0.29, 0.717) is 13.2 Å². The van der Waals surface area contributed by atoms with Gasteiger partial charge in [-0.2, -0.15) is 0 Å². The Labute approximate surface area is 120 Å². The van der Waals surface area contributed by atoms with Gasteiger partial charge in [0.15, 0.2) is 0 Å². The molecule has 0 unspecified atom stereocenters. The highest BCUT2D eigenvalue weighted by Gasteiger charge is 2.35. The van der Waals surface area contributed by atoms with Crippen molar-refractivity contribution in [1.29, 1.82) is 0 Å². The van der Waals surface area contributed by atoms with E-state index in [-0.39, 0.29) is 24.2 Å². The first kappa shape index (κ1) is 14.0. The number of nitrogens with one attached hydrogen (secondary N) is 1. The molecule has 1 atom stereocenters. The van der Waals surface area contributed by atoms with E-state index >= 15 is 0 Å². The largest absolute Gasteiger partial charge is 0.312 e. The smallest absolute Gasteiger partial charge is 0.248 e. The first-order chi connectivity index (χ1) is 9.11. The van der Waals surface area contributed by atoms with Crippen molar-refractivity contribution < 1.29 is 14.4 Å². The molecule has 0 spiro atoms. The number of hydroxylamine groups is 1. The normalized spacial score (nSPS) is 18.7. The summed E-state index contributed by atoms with van der Waals surface area (Å²) < 4.78 is 0.952. The van der Waals surface area contributed by atoms with Gasteiger partial charge in [-0.1, -0.05) is 15.9 Å². The Kier molecular flexibility index (Phi) is 4.55. The van der Waals surface area contributed by atoms with Crippen molar-refractivity contribution in [3.8, 4) is 0 Å². The van der Waals surface area contributed by atoms with Gasteiger partial charge in [-0.25, -0.2) is 5.48 Å². The molecule has 1 saturated heterocycles. The first-order valence-corrected chi connectivity index (χ1v) is 6.88. The summed E-state index contributed by atoms with van der Waals surface area (Å²) in [5, 5.41) is 0. The molecule has 1 heterocycles. The van der Waals surface area contributed by atoms with Gasteiger partial charge >= 0.3 is 0 Å². The molecule has 5 nitrogen and oxygen atoms in total. The summed E-state index contributed by atoms with van der Waals surface area (Å²) in [5.74, 6) is -0.642. The van der Waals surface area contributed by atoms with E-state index < -0.39 is 0 Å². The van der Waals surface area contributed by atoms with Gasteiger partial charge in [0, 0.05) is 23.1 Å². The minimum Gasteiger partial charge on any atom is -0.312 e. The molecule has 0 aliphatic carbocycles. The van der Waals surface area contributed by atoms with Crippen molar-refractivity contribution in [2.75, 3.05) is 18.1 Å². The molecule has 0 aromatic heterocycles. The maximum absolute atomic E-state index is 11.9. The van der Waals surface area contributed by atoms with Gasteiger partial charge in [0.25, 0.3) is 0 Å². The fraction of sp³-hybridized carbons (Fsp3) is 0.385. The molecule has 6 heteroatoms. The highest BCUT2D eigenvalue weighted by molar-refractivity contribution is 9.10. The predicted octanol–water partition coefficient (Wildman–Crippen LogP) is 1.87. The fourth-order valence-electron chi connectivity index (χ4n) is 1.98. The van der Waals surface area contributed by atoms with Crippen LogP contribution >= 0.6 is 15.9 Å². The molecular formula is C13H15BrN2O3. The summed E-state index contributed by atoms with van der Waals surface area (Å²) in [5.41, 5.74) is 3.16. The molecule has 1 aliphatic heterocycles. The highest BCUT2D eigenvalue weighted by atomic mass is 79.9. The van der Waals surface area contributed by atoms with E-state index in [0.717, 1.165) is 10.2 Å². The third kappa shape index (κ3) is 3.33. The lowest BCUT2D eigenvalue weighted by atomic mass is 10.1. The van der Waals surface area contributed by atoms with Crippen molar-refractivity contribution in [2.45, 2.75) is 13.3 Å². The fourth-order valence-corrected chi connectivity index (χ4v) is 2.24. The van der Waals surface area contributed by atoms with Crippen LogP contribution in [0.3, 0.4) is 0 Å². The SMILES string of the molecule is CCONC(=O)[C@@H]1CC(=O)N(c2ccc(Br)cc2)C1. The van der Waals surface area contributed by atoms with E-state index in [1.807, 2.05) is 24.3 Å². The molecule has 1 fully saturated rings. The third-order valence-electron chi connectivity index (χ3n) is 2.95. The summed E-state index contributed by atoms with van der Waals surface area (Å²) in [6.07, 6.45) is 0.217. The molecule has 1 aliphatic rings. The summed E-state index contributed by atoms with van der Waals surface area (Å²) in [7, 11) is 0. The van der Waals surface area contributed by atoms with E-state index in [9.17, 15) is 9.59 Å². The molecule has 19 heavy (non-hydrogen) atoms. The number of carbonyl (C=O) groups excluding carboxylic acids is 2. The second-order valence-corrected chi connectivity index (χ2v) is 5.20. The third-order valence-corrected chi connectivity index (χ3v) is 3.48. The van der Waals surface area contributed by atoms with Crippen molar-refractivity contribution in [3.05, 3.63) is 28.7 Å². The van der Waals surface area contributed by atoms with Crippen LogP contribution in [-0.4, -0.2) is 25.0 Å². The van der Waals surface area contributed by atoms with E-state index in [1.165, 1.54) is 0 Å². The number of nitrogens with zero attached hydrogens (tertiary/aromatic N) is 1. The Balaban J connectivity index is 2.03. The number of benzene rings is 1. The van der Waals surface area contributed by atoms with Gasteiger partial charge in [-0.15, -0.1) is 0 Å². The van der Waals surface area contributed by atoms with Crippen molar-refractivity contribution in [3.63, 3.8) is 0 Å². The van der Waals surface area contributed by atoms with Crippen LogP contribution in [-0.2, 0) is 14.4 Å². The van der Waals surface area contributed by atoms with Crippen LogP contribution in [0.1, 0.15) is 13.3 Å². The number of rotatable bonds is 4. The topological polar surface area (TPSA) is 58.6 Å². The first-order valence-electron chi connectivity index (χ1n) is 6.09. The van der Waals surface area contributed by atoms with Gasteiger partial charge in [0.2, 0.25) is 11.8 Å². The molecule has 1 N–H and O–H groups in total. The molecule has 1 aromatic rings. The standard InChI is InChI=1S/C13H15BrN2O3/c1-2-19-15-13(18)9-7-12(17)16(8-9)11-5-3-10(14)4-6-11/h3-6,9H,2,7-8H2,1H3,(H,15,18)/t9-/m1/s1. The lowest BCUT2D eigenvalue weighted by Crippen LogP contribution is -2.33. The van der Waals surface area contributed by atoms with Gasteiger partial charge in [-0.3, -0.25) is 14.4 Å². The Morgan fingerprint density at radius 2 is 2.16 bits per heavy atom. The zero-order valence-electron chi connectivity index (χ0n) is 10.6. The van der Waals surface area contributed by atoms with Crippen LogP contribution in [0, 0.1) is 5.92 Å². The van der Waals surface area contributed by atoms with Crippen molar-refractivity contribution >= 4 is 33.4 Å². The van der Waals surface area contributed by atoms with Crippen LogP contribution in [0.15, 0.2) is 28.7 Å². The van der Waals surface area contributed by atoms with Gasteiger partial charge in [0.1, 0.15) is 0 Å². The monoisotopic (exact) mass is 326 g/mol. The molecule has 0 bridgehead atoms. The molecule has 2 amide bonds. The van der Waals surface area contributed by atoms with Gasteiger partial charge in [-0.05, 0) is 31.2 Å². The van der Waals surface area contributed by atoms with Crippen LogP contribution in [0.2, 0.25) is 0 Å². The molecule has 102 valence electrons. The van der Waals surface area contributed by atoms with E-state index in [1.54, 1.807) is 11.8 Å². The van der Waals surface area contributed by atoms with Crippen LogP contribution < -0.4 is 10.4 Å². The summed E-state index contributed by atoms with van der Waals surface area (Å²) >= 11 is 3.35.